The average molecular weight is 277 g/mol. The van der Waals surface area contributed by atoms with E-state index in [2.05, 4.69) is 28.9 Å². The molecule has 2 N–H and O–H groups in total. The predicted molar refractivity (Wildman–Crippen MR) is 77.3 cm³/mol. The largest absolute Gasteiger partial charge is 0.383 e. The van der Waals surface area contributed by atoms with Crippen LogP contribution in [0, 0.1) is 13.8 Å². The third-order valence-electron chi connectivity index (χ3n) is 2.83. The van der Waals surface area contributed by atoms with Crippen molar-refractivity contribution in [3.63, 3.8) is 0 Å². The third kappa shape index (κ3) is 2.89. The van der Waals surface area contributed by atoms with Crippen molar-refractivity contribution >= 4 is 17.6 Å². The van der Waals surface area contributed by atoms with Gasteiger partial charge >= 0.3 is 0 Å². The molecule has 2 rings (SSSR count). The summed E-state index contributed by atoms with van der Waals surface area (Å²) in [6.07, 6.45) is 0. The van der Waals surface area contributed by atoms with Gasteiger partial charge in [0, 0.05) is 18.5 Å². The van der Waals surface area contributed by atoms with Crippen molar-refractivity contribution in [3.8, 4) is 0 Å². The molecule has 6 heteroatoms. The number of nitrogens with zero attached hydrogens (tertiary/aromatic N) is 4. The minimum Gasteiger partial charge on any atom is -0.383 e. The third-order valence-corrected chi connectivity index (χ3v) is 4.01. The Labute approximate surface area is 117 Å². The van der Waals surface area contributed by atoms with Crippen molar-refractivity contribution in [2.45, 2.75) is 43.7 Å². The first-order valence-corrected chi connectivity index (χ1v) is 7.02. The number of anilines is 1. The Kier molecular flexibility index (Phi) is 3.80. The van der Waals surface area contributed by atoms with Gasteiger partial charge in [-0.1, -0.05) is 13.8 Å². The van der Waals surface area contributed by atoms with Crippen molar-refractivity contribution in [1.29, 1.82) is 0 Å². The molecule has 0 saturated carbocycles. The van der Waals surface area contributed by atoms with Crippen LogP contribution in [0.4, 0.5) is 5.82 Å². The zero-order valence-corrected chi connectivity index (χ0v) is 12.7. The molecular weight excluding hydrogens is 258 g/mol. The Morgan fingerprint density at radius 2 is 1.95 bits per heavy atom. The molecule has 0 bridgehead atoms. The van der Waals surface area contributed by atoms with Gasteiger partial charge in [-0.05, 0) is 31.7 Å². The van der Waals surface area contributed by atoms with Crippen molar-refractivity contribution in [1.82, 2.24) is 19.7 Å². The summed E-state index contributed by atoms with van der Waals surface area (Å²) >= 11 is 1.58. The quantitative estimate of drug-likeness (QED) is 0.873. The molecule has 0 amide bonds. The topological polar surface area (TPSA) is 69.6 Å². The van der Waals surface area contributed by atoms with E-state index in [4.69, 9.17) is 5.73 Å². The zero-order valence-electron chi connectivity index (χ0n) is 11.9. The highest BCUT2D eigenvalue weighted by Crippen LogP contribution is 2.31. The Morgan fingerprint density at radius 3 is 2.47 bits per heavy atom. The SMILES string of the molecule is Cc1cc(Sc2nc(C(C)C)nc(N)c2C)n(C)n1. The van der Waals surface area contributed by atoms with E-state index in [9.17, 15) is 0 Å². The van der Waals surface area contributed by atoms with Gasteiger partial charge in [0.15, 0.2) is 0 Å². The van der Waals surface area contributed by atoms with Crippen molar-refractivity contribution < 1.29 is 0 Å². The molecule has 2 aromatic heterocycles. The van der Waals surface area contributed by atoms with E-state index in [1.54, 1.807) is 11.8 Å². The average Bonchev–Trinajstić information content (AvgIpc) is 2.63. The fraction of sp³-hybridized carbons (Fsp3) is 0.462. The van der Waals surface area contributed by atoms with Crippen LogP contribution in [0.15, 0.2) is 16.1 Å². The van der Waals surface area contributed by atoms with Gasteiger partial charge in [-0.25, -0.2) is 9.97 Å². The van der Waals surface area contributed by atoms with Crippen LogP contribution in [0.3, 0.4) is 0 Å². The Balaban J connectivity index is 2.41. The second-order valence-corrected chi connectivity index (χ2v) is 5.91. The predicted octanol–water partition coefficient (Wildman–Crippen LogP) is 2.68. The molecule has 0 aliphatic carbocycles. The molecule has 0 aliphatic heterocycles. The van der Waals surface area contributed by atoms with E-state index in [0.717, 1.165) is 27.1 Å². The van der Waals surface area contributed by atoms with Crippen LogP contribution < -0.4 is 5.73 Å². The molecular formula is C13H19N5S. The smallest absolute Gasteiger partial charge is 0.134 e. The number of aryl methyl sites for hydroxylation is 2. The minimum absolute atomic E-state index is 0.260. The molecule has 5 nitrogen and oxygen atoms in total. The van der Waals surface area contributed by atoms with Crippen LogP contribution in [0.2, 0.25) is 0 Å². The molecule has 0 radical (unpaired) electrons. The van der Waals surface area contributed by atoms with Gasteiger partial charge in [-0.15, -0.1) is 0 Å². The maximum Gasteiger partial charge on any atom is 0.134 e. The van der Waals surface area contributed by atoms with Gasteiger partial charge in [0.25, 0.3) is 0 Å². The van der Waals surface area contributed by atoms with E-state index in [1.165, 1.54) is 0 Å². The van der Waals surface area contributed by atoms with Crippen LogP contribution >= 0.6 is 11.8 Å². The second-order valence-electron chi connectivity index (χ2n) is 4.90. The normalized spacial score (nSPS) is 11.3. The highest BCUT2D eigenvalue weighted by Gasteiger charge is 2.14. The lowest BCUT2D eigenvalue weighted by Gasteiger charge is -2.11. The summed E-state index contributed by atoms with van der Waals surface area (Å²) in [5.41, 5.74) is 7.89. The summed E-state index contributed by atoms with van der Waals surface area (Å²) in [7, 11) is 1.93. The molecule has 0 unspecified atom stereocenters. The van der Waals surface area contributed by atoms with Crippen LogP contribution in [0.25, 0.3) is 0 Å². The number of hydrogen-bond acceptors (Lipinski definition) is 5. The van der Waals surface area contributed by atoms with Gasteiger partial charge in [0.05, 0.1) is 5.69 Å². The zero-order chi connectivity index (χ0) is 14.2. The molecule has 0 aromatic carbocycles. The number of aromatic nitrogens is 4. The van der Waals surface area contributed by atoms with Gasteiger partial charge in [0.2, 0.25) is 0 Å². The number of hydrogen-bond donors (Lipinski definition) is 1. The number of nitrogen functional groups attached to an aromatic ring is 1. The molecule has 102 valence electrons. The monoisotopic (exact) mass is 277 g/mol. The Morgan fingerprint density at radius 1 is 1.26 bits per heavy atom. The molecule has 19 heavy (non-hydrogen) atoms. The van der Waals surface area contributed by atoms with E-state index >= 15 is 0 Å². The van der Waals surface area contributed by atoms with Crippen LogP contribution in [0.5, 0.6) is 0 Å². The second kappa shape index (κ2) is 5.21. The van der Waals surface area contributed by atoms with E-state index < -0.39 is 0 Å². The van der Waals surface area contributed by atoms with Crippen LogP contribution in [0.1, 0.15) is 36.8 Å². The summed E-state index contributed by atoms with van der Waals surface area (Å²) in [6.45, 7) is 8.05. The highest BCUT2D eigenvalue weighted by atomic mass is 32.2. The highest BCUT2D eigenvalue weighted by molar-refractivity contribution is 7.99. The maximum absolute atomic E-state index is 5.97. The summed E-state index contributed by atoms with van der Waals surface area (Å²) < 4.78 is 1.85. The molecule has 0 atom stereocenters. The molecule has 0 aliphatic rings. The van der Waals surface area contributed by atoms with E-state index in [0.29, 0.717) is 5.82 Å². The van der Waals surface area contributed by atoms with E-state index in [-0.39, 0.29) is 5.92 Å². The van der Waals surface area contributed by atoms with Crippen molar-refractivity contribution in [2.75, 3.05) is 5.73 Å². The van der Waals surface area contributed by atoms with Gasteiger partial charge in [-0.3, -0.25) is 4.68 Å². The Bertz CT molecular complexity index is 603. The first kappa shape index (κ1) is 13.9. The lowest BCUT2D eigenvalue weighted by Crippen LogP contribution is -2.06. The maximum atomic E-state index is 5.97. The van der Waals surface area contributed by atoms with Crippen LogP contribution in [-0.2, 0) is 7.05 Å². The lowest BCUT2D eigenvalue weighted by atomic mass is 10.2. The lowest BCUT2D eigenvalue weighted by molar-refractivity contribution is 0.690. The number of rotatable bonds is 3. The van der Waals surface area contributed by atoms with Gasteiger partial charge in [-0.2, -0.15) is 5.10 Å². The van der Waals surface area contributed by atoms with Crippen LogP contribution in [-0.4, -0.2) is 19.7 Å². The van der Waals surface area contributed by atoms with E-state index in [1.807, 2.05) is 31.6 Å². The summed E-state index contributed by atoms with van der Waals surface area (Å²) in [6, 6.07) is 2.04. The number of nitrogens with two attached hydrogens (primary N) is 1. The Hall–Kier alpha value is -1.56. The molecule has 0 saturated heterocycles. The van der Waals surface area contributed by atoms with Crippen molar-refractivity contribution in [3.05, 3.63) is 23.1 Å². The summed E-state index contributed by atoms with van der Waals surface area (Å²) in [4.78, 5) is 8.94. The summed E-state index contributed by atoms with van der Waals surface area (Å²) in [5, 5.41) is 6.29. The molecule has 0 spiro atoms. The molecule has 2 aromatic rings. The molecule has 0 fully saturated rings. The van der Waals surface area contributed by atoms with Gasteiger partial charge < -0.3 is 5.73 Å². The minimum atomic E-state index is 0.260. The van der Waals surface area contributed by atoms with Gasteiger partial charge in [0.1, 0.15) is 21.7 Å². The van der Waals surface area contributed by atoms with Crippen molar-refractivity contribution in [2.24, 2.45) is 7.05 Å². The molecule has 2 heterocycles. The fourth-order valence-electron chi connectivity index (χ4n) is 1.67. The fourth-order valence-corrected chi connectivity index (χ4v) is 2.67. The standard InChI is InChI=1S/C13H19N5S/c1-7(2)12-15-11(14)9(4)13(16-12)19-10-6-8(3)17-18(10)5/h6-7H,1-5H3,(H2,14,15,16). The first-order chi connectivity index (χ1) is 8.88. The first-order valence-electron chi connectivity index (χ1n) is 6.21. The summed E-state index contributed by atoms with van der Waals surface area (Å²) in [5.74, 6) is 1.60.